The zero-order valence-corrected chi connectivity index (χ0v) is 5.11. The first-order chi connectivity index (χ1) is 4.88. The van der Waals surface area contributed by atoms with Crippen LogP contribution in [0, 0.1) is 0 Å². The Kier molecular flexibility index (Phi) is 0.887. The van der Waals surface area contributed by atoms with E-state index < -0.39 is 0 Å². The maximum atomic E-state index is 5.46. The van der Waals surface area contributed by atoms with Crippen LogP contribution in [0.25, 0.3) is 11.1 Å². The standard InChI is InChI=1S/C6H5N3O/c7-6-5-4(1-2-10-5)8-3-9-6/h1-3H,(H2,7,8,9). The summed E-state index contributed by atoms with van der Waals surface area (Å²) < 4.78 is 5.00. The first kappa shape index (κ1) is 5.22. The molecule has 0 saturated carbocycles. The first-order valence-electron chi connectivity index (χ1n) is 2.81. The van der Waals surface area contributed by atoms with Gasteiger partial charge < -0.3 is 10.2 Å². The van der Waals surface area contributed by atoms with Crippen LogP contribution in [0.4, 0.5) is 5.82 Å². The highest BCUT2D eigenvalue weighted by molar-refractivity contribution is 5.81. The second kappa shape index (κ2) is 1.70. The molecule has 0 amide bonds. The van der Waals surface area contributed by atoms with Gasteiger partial charge in [-0.05, 0) is 0 Å². The predicted octanol–water partition coefficient (Wildman–Crippen LogP) is 0.805. The van der Waals surface area contributed by atoms with Crippen molar-refractivity contribution in [3.05, 3.63) is 18.7 Å². The fraction of sp³-hybridized carbons (Fsp3) is 0. The van der Waals surface area contributed by atoms with Gasteiger partial charge in [-0.2, -0.15) is 0 Å². The minimum Gasteiger partial charge on any atom is -0.459 e. The van der Waals surface area contributed by atoms with Crippen LogP contribution in [0.2, 0.25) is 0 Å². The average Bonchev–Trinajstić information content (AvgIpc) is 2.36. The summed E-state index contributed by atoms with van der Waals surface area (Å²) in [5.74, 6) is 0.384. The number of aromatic nitrogens is 2. The summed E-state index contributed by atoms with van der Waals surface area (Å²) in [4.78, 5) is 7.67. The van der Waals surface area contributed by atoms with E-state index in [1.54, 1.807) is 6.07 Å². The number of hydrogen-bond donors (Lipinski definition) is 1. The van der Waals surface area contributed by atoms with Crippen LogP contribution in [-0.2, 0) is 0 Å². The Hall–Kier alpha value is -1.58. The third-order valence-electron chi connectivity index (χ3n) is 1.27. The van der Waals surface area contributed by atoms with Gasteiger partial charge in [0.05, 0.1) is 6.26 Å². The lowest BCUT2D eigenvalue weighted by Gasteiger charge is -1.89. The van der Waals surface area contributed by atoms with Gasteiger partial charge in [0.15, 0.2) is 11.4 Å². The smallest absolute Gasteiger partial charge is 0.194 e. The molecular weight excluding hydrogens is 130 g/mol. The predicted molar refractivity (Wildman–Crippen MR) is 36.2 cm³/mol. The summed E-state index contributed by atoms with van der Waals surface area (Å²) in [6.45, 7) is 0. The molecule has 0 aliphatic carbocycles. The van der Waals surface area contributed by atoms with Crippen LogP contribution in [0.15, 0.2) is 23.1 Å². The van der Waals surface area contributed by atoms with E-state index in [1.165, 1.54) is 12.6 Å². The molecule has 2 aromatic heterocycles. The van der Waals surface area contributed by atoms with Gasteiger partial charge in [-0.3, -0.25) is 0 Å². The normalized spacial score (nSPS) is 10.4. The average molecular weight is 135 g/mol. The van der Waals surface area contributed by atoms with Crippen LogP contribution >= 0.6 is 0 Å². The monoisotopic (exact) mass is 135 g/mol. The van der Waals surface area contributed by atoms with Gasteiger partial charge in [0, 0.05) is 6.07 Å². The zero-order chi connectivity index (χ0) is 6.97. The number of nitrogens with zero attached hydrogens (tertiary/aromatic N) is 2. The van der Waals surface area contributed by atoms with Gasteiger partial charge in [-0.1, -0.05) is 0 Å². The summed E-state index contributed by atoms with van der Waals surface area (Å²) in [6.07, 6.45) is 2.95. The number of fused-ring (bicyclic) bond motifs is 1. The largest absolute Gasteiger partial charge is 0.459 e. The minimum atomic E-state index is 0.384. The Labute approximate surface area is 56.7 Å². The van der Waals surface area contributed by atoms with E-state index in [4.69, 9.17) is 10.2 Å². The molecule has 0 saturated heterocycles. The first-order valence-corrected chi connectivity index (χ1v) is 2.81. The second-order valence-corrected chi connectivity index (χ2v) is 1.89. The molecular formula is C6H5N3O. The van der Waals surface area contributed by atoms with Gasteiger partial charge in [-0.15, -0.1) is 0 Å². The van der Waals surface area contributed by atoms with Crippen LogP contribution < -0.4 is 5.73 Å². The number of nitrogens with two attached hydrogens (primary N) is 1. The van der Waals surface area contributed by atoms with Crippen LogP contribution in [-0.4, -0.2) is 9.97 Å². The number of anilines is 1. The van der Waals surface area contributed by atoms with Crippen LogP contribution in [0.3, 0.4) is 0 Å². The third-order valence-corrected chi connectivity index (χ3v) is 1.27. The van der Waals surface area contributed by atoms with Crippen molar-refractivity contribution in [1.29, 1.82) is 0 Å². The van der Waals surface area contributed by atoms with Crippen LogP contribution in [0.5, 0.6) is 0 Å². The summed E-state index contributed by atoms with van der Waals surface area (Å²) in [7, 11) is 0. The molecule has 0 aliphatic rings. The summed E-state index contributed by atoms with van der Waals surface area (Å²) in [5.41, 5.74) is 6.76. The van der Waals surface area contributed by atoms with Crippen molar-refractivity contribution < 1.29 is 4.42 Å². The molecule has 2 heterocycles. The number of rotatable bonds is 0. The number of hydrogen-bond acceptors (Lipinski definition) is 4. The fourth-order valence-electron chi connectivity index (χ4n) is 0.808. The number of furan rings is 1. The third kappa shape index (κ3) is 0.556. The molecule has 2 aromatic rings. The SMILES string of the molecule is Nc1ncnc2ccoc12. The van der Waals surface area contributed by atoms with Gasteiger partial charge >= 0.3 is 0 Å². The summed E-state index contributed by atoms with van der Waals surface area (Å²) >= 11 is 0. The van der Waals surface area contributed by atoms with Crippen molar-refractivity contribution in [3.63, 3.8) is 0 Å². The molecule has 4 nitrogen and oxygen atoms in total. The number of nitrogen functional groups attached to an aromatic ring is 1. The highest BCUT2D eigenvalue weighted by Crippen LogP contribution is 2.15. The maximum absolute atomic E-state index is 5.46. The Bertz CT molecular complexity index is 355. The lowest BCUT2D eigenvalue weighted by atomic mass is 10.4. The highest BCUT2D eigenvalue weighted by Gasteiger charge is 2.00. The molecule has 0 aliphatic heterocycles. The van der Waals surface area contributed by atoms with E-state index in [-0.39, 0.29) is 0 Å². The molecule has 0 aromatic carbocycles. The molecule has 0 atom stereocenters. The van der Waals surface area contributed by atoms with Crippen molar-refractivity contribution in [2.75, 3.05) is 5.73 Å². The minimum absolute atomic E-state index is 0.384. The van der Waals surface area contributed by atoms with Crippen molar-refractivity contribution in [2.24, 2.45) is 0 Å². The summed E-state index contributed by atoms with van der Waals surface area (Å²) in [6, 6.07) is 1.74. The van der Waals surface area contributed by atoms with Gasteiger partial charge in [0.25, 0.3) is 0 Å². The van der Waals surface area contributed by atoms with Crippen molar-refractivity contribution in [2.45, 2.75) is 0 Å². The van der Waals surface area contributed by atoms with Gasteiger partial charge in [-0.25, -0.2) is 9.97 Å². The van der Waals surface area contributed by atoms with Crippen LogP contribution in [0.1, 0.15) is 0 Å². The van der Waals surface area contributed by atoms with E-state index >= 15 is 0 Å². The van der Waals surface area contributed by atoms with E-state index in [0.29, 0.717) is 11.4 Å². The lowest BCUT2D eigenvalue weighted by molar-refractivity contribution is 0.615. The Balaban J connectivity index is 2.95. The lowest BCUT2D eigenvalue weighted by Crippen LogP contribution is -1.89. The van der Waals surface area contributed by atoms with Gasteiger partial charge in [0.2, 0.25) is 0 Å². The maximum Gasteiger partial charge on any atom is 0.194 e. The topological polar surface area (TPSA) is 64.9 Å². The molecule has 0 bridgehead atoms. The molecule has 4 heteroatoms. The Morgan fingerprint density at radius 3 is 3.10 bits per heavy atom. The molecule has 0 radical (unpaired) electrons. The Morgan fingerprint density at radius 1 is 1.40 bits per heavy atom. The second-order valence-electron chi connectivity index (χ2n) is 1.89. The fourth-order valence-corrected chi connectivity index (χ4v) is 0.808. The molecule has 10 heavy (non-hydrogen) atoms. The van der Waals surface area contributed by atoms with E-state index in [0.717, 1.165) is 5.52 Å². The molecule has 0 unspecified atom stereocenters. The van der Waals surface area contributed by atoms with Crippen molar-refractivity contribution in [1.82, 2.24) is 9.97 Å². The van der Waals surface area contributed by atoms with E-state index in [1.807, 2.05) is 0 Å². The van der Waals surface area contributed by atoms with Crippen molar-refractivity contribution >= 4 is 16.9 Å². The van der Waals surface area contributed by atoms with E-state index in [2.05, 4.69) is 9.97 Å². The molecule has 2 rings (SSSR count). The van der Waals surface area contributed by atoms with Gasteiger partial charge in [0.1, 0.15) is 11.8 Å². The molecule has 0 spiro atoms. The molecule has 0 fully saturated rings. The highest BCUT2D eigenvalue weighted by atomic mass is 16.3. The molecule has 2 N–H and O–H groups in total. The Morgan fingerprint density at radius 2 is 2.30 bits per heavy atom. The van der Waals surface area contributed by atoms with E-state index in [9.17, 15) is 0 Å². The zero-order valence-electron chi connectivity index (χ0n) is 5.11. The quantitative estimate of drug-likeness (QED) is 0.580. The summed E-state index contributed by atoms with van der Waals surface area (Å²) in [5, 5.41) is 0. The molecule has 50 valence electrons. The van der Waals surface area contributed by atoms with Crippen molar-refractivity contribution in [3.8, 4) is 0 Å².